The van der Waals surface area contributed by atoms with Gasteiger partial charge in [-0.3, -0.25) is 4.79 Å². The van der Waals surface area contributed by atoms with Gasteiger partial charge >= 0.3 is 0 Å². The van der Waals surface area contributed by atoms with Crippen molar-refractivity contribution in [1.82, 2.24) is 4.98 Å². The SMILES string of the molecule is CC(C)(C)C(=O)/C=C\c1ccc2ccccc2n1. The molecule has 0 aliphatic heterocycles. The Kier molecular flexibility index (Phi) is 3.28. The largest absolute Gasteiger partial charge is 0.294 e. The van der Waals surface area contributed by atoms with Crippen LogP contribution >= 0.6 is 0 Å². The number of para-hydroxylation sites is 1. The summed E-state index contributed by atoms with van der Waals surface area (Å²) in [5, 5.41) is 1.11. The van der Waals surface area contributed by atoms with E-state index in [0.717, 1.165) is 16.6 Å². The van der Waals surface area contributed by atoms with Gasteiger partial charge in [0, 0.05) is 10.8 Å². The van der Waals surface area contributed by atoms with Gasteiger partial charge in [0.25, 0.3) is 0 Å². The summed E-state index contributed by atoms with van der Waals surface area (Å²) in [6.45, 7) is 5.73. The zero-order chi connectivity index (χ0) is 13.2. The molecule has 0 saturated heterocycles. The van der Waals surface area contributed by atoms with Crippen LogP contribution in [0.3, 0.4) is 0 Å². The molecule has 0 N–H and O–H groups in total. The van der Waals surface area contributed by atoms with Crippen LogP contribution in [0.5, 0.6) is 0 Å². The molecule has 0 spiro atoms. The summed E-state index contributed by atoms with van der Waals surface area (Å²) in [4.78, 5) is 16.3. The Morgan fingerprint density at radius 2 is 1.83 bits per heavy atom. The smallest absolute Gasteiger partial charge is 0.161 e. The van der Waals surface area contributed by atoms with Crippen molar-refractivity contribution in [3.8, 4) is 0 Å². The van der Waals surface area contributed by atoms with E-state index in [1.54, 1.807) is 12.2 Å². The van der Waals surface area contributed by atoms with Gasteiger partial charge in [0.2, 0.25) is 0 Å². The Hall–Kier alpha value is -1.96. The zero-order valence-electron chi connectivity index (χ0n) is 11.0. The Balaban J connectivity index is 2.27. The highest BCUT2D eigenvalue weighted by molar-refractivity contribution is 5.97. The third-order valence-electron chi connectivity index (χ3n) is 2.76. The van der Waals surface area contributed by atoms with Crippen LogP contribution in [0.15, 0.2) is 42.5 Å². The maximum atomic E-state index is 11.8. The topological polar surface area (TPSA) is 30.0 Å². The first kappa shape index (κ1) is 12.5. The van der Waals surface area contributed by atoms with Gasteiger partial charge in [-0.1, -0.05) is 45.0 Å². The number of fused-ring (bicyclic) bond motifs is 1. The van der Waals surface area contributed by atoms with E-state index >= 15 is 0 Å². The molecule has 2 nitrogen and oxygen atoms in total. The first-order valence-electron chi connectivity index (χ1n) is 6.05. The predicted octanol–water partition coefficient (Wildman–Crippen LogP) is 3.86. The number of aromatic nitrogens is 1. The number of carbonyl (C=O) groups is 1. The van der Waals surface area contributed by atoms with E-state index in [2.05, 4.69) is 4.98 Å². The molecule has 18 heavy (non-hydrogen) atoms. The van der Waals surface area contributed by atoms with Crippen LogP contribution in [-0.2, 0) is 4.79 Å². The minimum atomic E-state index is -0.340. The van der Waals surface area contributed by atoms with Crippen molar-refractivity contribution in [2.45, 2.75) is 20.8 Å². The fraction of sp³-hybridized carbons (Fsp3) is 0.250. The highest BCUT2D eigenvalue weighted by atomic mass is 16.1. The Morgan fingerprint density at radius 1 is 1.11 bits per heavy atom. The summed E-state index contributed by atoms with van der Waals surface area (Å²) in [6, 6.07) is 11.9. The van der Waals surface area contributed by atoms with Crippen LogP contribution in [-0.4, -0.2) is 10.8 Å². The maximum absolute atomic E-state index is 11.8. The number of nitrogens with zero attached hydrogens (tertiary/aromatic N) is 1. The highest BCUT2D eigenvalue weighted by Crippen LogP contribution is 2.17. The van der Waals surface area contributed by atoms with Crippen molar-refractivity contribution in [2.24, 2.45) is 5.41 Å². The van der Waals surface area contributed by atoms with Crippen LogP contribution in [0, 0.1) is 5.41 Å². The number of hydrogen-bond acceptors (Lipinski definition) is 2. The first-order valence-corrected chi connectivity index (χ1v) is 6.05. The van der Waals surface area contributed by atoms with Gasteiger partial charge in [0.15, 0.2) is 5.78 Å². The van der Waals surface area contributed by atoms with Crippen molar-refractivity contribution in [2.75, 3.05) is 0 Å². The average molecular weight is 239 g/mol. The maximum Gasteiger partial charge on any atom is 0.161 e. The lowest BCUT2D eigenvalue weighted by atomic mass is 9.90. The van der Waals surface area contributed by atoms with Crippen LogP contribution in [0.2, 0.25) is 0 Å². The normalized spacial score (nSPS) is 12.2. The van der Waals surface area contributed by atoms with Gasteiger partial charge in [0.05, 0.1) is 11.2 Å². The summed E-state index contributed by atoms with van der Waals surface area (Å²) in [5.74, 6) is 0.109. The average Bonchev–Trinajstić information content (AvgIpc) is 2.34. The van der Waals surface area contributed by atoms with Crippen LogP contribution in [0.1, 0.15) is 26.5 Å². The lowest BCUT2D eigenvalue weighted by Gasteiger charge is -2.12. The van der Waals surface area contributed by atoms with Crippen molar-refractivity contribution in [1.29, 1.82) is 0 Å². The molecule has 0 atom stereocenters. The van der Waals surface area contributed by atoms with E-state index in [1.807, 2.05) is 57.2 Å². The molecule has 1 aromatic carbocycles. The highest BCUT2D eigenvalue weighted by Gasteiger charge is 2.17. The molecule has 0 saturated carbocycles. The van der Waals surface area contributed by atoms with Crippen molar-refractivity contribution in [3.63, 3.8) is 0 Å². The van der Waals surface area contributed by atoms with Gasteiger partial charge < -0.3 is 0 Å². The van der Waals surface area contributed by atoms with Gasteiger partial charge in [0.1, 0.15) is 0 Å². The summed E-state index contributed by atoms with van der Waals surface area (Å²) in [7, 11) is 0. The fourth-order valence-electron chi connectivity index (χ4n) is 1.59. The Labute approximate surface area is 107 Å². The van der Waals surface area contributed by atoms with Gasteiger partial charge in [-0.25, -0.2) is 4.98 Å². The zero-order valence-corrected chi connectivity index (χ0v) is 11.0. The van der Waals surface area contributed by atoms with Gasteiger partial charge in [-0.05, 0) is 24.3 Å². The number of hydrogen-bond donors (Lipinski definition) is 0. The van der Waals surface area contributed by atoms with E-state index in [0.29, 0.717) is 0 Å². The second-order valence-electron chi connectivity index (χ2n) is 5.38. The van der Waals surface area contributed by atoms with E-state index in [1.165, 1.54) is 0 Å². The number of ketones is 1. The summed E-state index contributed by atoms with van der Waals surface area (Å²) in [6.07, 6.45) is 3.39. The van der Waals surface area contributed by atoms with Crippen molar-refractivity contribution < 1.29 is 4.79 Å². The van der Waals surface area contributed by atoms with E-state index < -0.39 is 0 Å². The fourth-order valence-corrected chi connectivity index (χ4v) is 1.59. The van der Waals surface area contributed by atoms with Gasteiger partial charge in [-0.2, -0.15) is 0 Å². The van der Waals surface area contributed by atoms with E-state index in [9.17, 15) is 4.79 Å². The molecule has 0 aliphatic rings. The molecule has 0 unspecified atom stereocenters. The molecular formula is C16H17NO. The van der Waals surface area contributed by atoms with Gasteiger partial charge in [-0.15, -0.1) is 0 Å². The second kappa shape index (κ2) is 4.73. The predicted molar refractivity (Wildman–Crippen MR) is 75.2 cm³/mol. The monoisotopic (exact) mass is 239 g/mol. The quantitative estimate of drug-likeness (QED) is 0.745. The molecule has 0 fully saturated rings. The molecule has 92 valence electrons. The number of benzene rings is 1. The summed E-state index contributed by atoms with van der Waals surface area (Å²) in [5.41, 5.74) is 1.42. The second-order valence-corrected chi connectivity index (χ2v) is 5.38. The van der Waals surface area contributed by atoms with E-state index in [-0.39, 0.29) is 11.2 Å². The molecule has 0 aliphatic carbocycles. The van der Waals surface area contributed by atoms with Crippen LogP contribution < -0.4 is 0 Å². The standard InChI is InChI=1S/C16H17NO/c1-16(2,3)15(18)11-10-13-9-8-12-6-4-5-7-14(12)17-13/h4-11H,1-3H3/b11-10-. The number of allylic oxidation sites excluding steroid dienone is 1. The number of carbonyl (C=O) groups excluding carboxylic acids is 1. The first-order chi connectivity index (χ1) is 8.47. The Morgan fingerprint density at radius 3 is 2.56 bits per heavy atom. The molecule has 1 aromatic heterocycles. The van der Waals surface area contributed by atoms with Crippen LogP contribution in [0.25, 0.3) is 17.0 Å². The Bertz CT molecular complexity index is 606. The summed E-state index contributed by atoms with van der Waals surface area (Å²) < 4.78 is 0. The van der Waals surface area contributed by atoms with Crippen molar-refractivity contribution in [3.05, 3.63) is 48.2 Å². The minimum Gasteiger partial charge on any atom is -0.294 e. The number of rotatable bonds is 2. The molecule has 0 bridgehead atoms. The third-order valence-corrected chi connectivity index (χ3v) is 2.76. The molecule has 0 radical (unpaired) electrons. The molecule has 0 amide bonds. The number of pyridine rings is 1. The molecule has 2 rings (SSSR count). The molecular weight excluding hydrogens is 222 g/mol. The minimum absolute atomic E-state index is 0.109. The molecule has 2 heteroatoms. The molecule has 1 heterocycles. The lowest BCUT2D eigenvalue weighted by Crippen LogP contribution is -2.17. The van der Waals surface area contributed by atoms with E-state index in [4.69, 9.17) is 0 Å². The molecule has 2 aromatic rings. The van der Waals surface area contributed by atoms with Crippen LogP contribution in [0.4, 0.5) is 0 Å². The lowest BCUT2D eigenvalue weighted by molar-refractivity contribution is -0.121. The summed E-state index contributed by atoms with van der Waals surface area (Å²) >= 11 is 0. The van der Waals surface area contributed by atoms with Crippen molar-refractivity contribution >= 4 is 22.8 Å². The third kappa shape index (κ3) is 2.83.